The Morgan fingerprint density at radius 2 is 1.90 bits per heavy atom. The first-order valence-electron chi connectivity index (χ1n) is 7.03. The molecule has 0 saturated carbocycles. The monoisotopic (exact) mass is 280 g/mol. The third-order valence-electron chi connectivity index (χ3n) is 3.56. The van der Waals surface area contributed by atoms with Gasteiger partial charge in [-0.1, -0.05) is 25.1 Å². The van der Waals surface area contributed by atoms with Crippen molar-refractivity contribution in [1.82, 2.24) is 9.88 Å². The van der Waals surface area contributed by atoms with Gasteiger partial charge in [-0.3, -0.25) is 9.36 Å². The van der Waals surface area contributed by atoms with Crippen LogP contribution in [0, 0.1) is 0 Å². The molecule has 0 spiro atoms. The van der Waals surface area contributed by atoms with Crippen LogP contribution in [0.2, 0.25) is 0 Å². The number of hydrogen-bond donors (Lipinski definition) is 1. The van der Waals surface area contributed by atoms with Crippen LogP contribution in [-0.4, -0.2) is 23.4 Å². The zero-order valence-electron chi connectivity index (χ0n) is 11.8. The summed E-state index contributed by atoms with van der Waals surface area (Å²) in [6.45, 7) is 2.65. The molecule has 21 heavy (non-hydrogen) atoms. The second-order valence-corrected chi connectivity index (χ2v) is 4.98. The van der Waals surface area contributed by atoms with Crippen molar-refractivity contribution in [3.8, 4) is 0 Å². The van der Waals surface area contributed by atoms with Gasteiger partial charge in [-0.25, -0.2) is 4.79 Å². The van der Waals surface area contributed by atoms with E-state index in [1.54, 1.807) is 10.6 Å². The Morgan fingerprint density at radius 3 is 2.67 bits per heavy atom. The predicted octanol–water partition coefficient (Wildman–Crippen LogP) is 3.57. The Kier molecular flexibility index (Phi) is 3.44. The van der Waals surface area contributed by atoms with Crippen molar-refractivity contribution in [1.29, 1.82) is 0 Å². The Morgan fingerprint density at radius 1 is 1.14 bits per heavy atom. The van der Waals surface area contributed by atoms with Crippen molar-refractivity contribution in [3.63, 3.8) is 0 Å². The average molecular weight is 280 g/mol. The van der Waals surface area contributed by atoms with Crippen LogP contribution in [0.1, 0.15) is 23.7 Å². The molecule has 0 unspecified atom stereocenters. The molecular formula is C17H16N2O2. The lowest BCUT2D eigenvalue weighted by Crippen LogP contribution is -2.28. The van der Waals surface area contributed by atoms with Crippen LogP contribution >= 0.6 is 0 Å². The Bertz CT molecular complexity index is 833. The van der Waals surface area contributed by atoms with E-state index < -0.39 is 0 Å². The fourth-order valence-corrected chi connectivity index (χ4v) is 2.59. The maximum absolute atomic E-state index is 12.4. The summed E-state index contributed by atoms with van der Waals surface area (Å²) >= 11 is 0. The number of nitrogens with zero attached hydrogens (tertiary/aromatic N) is 1. The highest BCUT2D eigenvalue weighted by Crippen LogP contribution is 2.29. The van der Waals surface area contributed by atoms with Crippen LogP contribution in [0.5, 0.6) is 0 Å². The number of carbonyl (C=O) groups excluding carboxylic acids is 2. The van der Waals surface area contributed by atoms with Gasteiger partial charge in [0.05, 0.1) is 11.0 Å². The summed E-state index contributed by atoms with van der Waals surface area (Å²) in [5, 5.41) is 4.80. The second kappa shape index (κ2) is 5.40. The molecule has 0 fully saturated rings. The summed E-state index contributed by atoms with van der Waals surface area (Å²) in [4.78, 5) is 23.4. The second-order valence-electron chi connectivity index (χ2n) is 4.98. The normalized spacial score (nSPS) is 10.9. The van der Waals surface area contributed by atoms with Gasteiger partial charge < -0.3 is 5.32 Å². The molecule has 0 atom stereocenters. The molecule has 0 saturated heterocycles. The Balaban J connectivity index is 2.30. The van der Waals surface area contributed by atoms with E-state index in [4.69, 9.17) is 0 Å². The third-order valence-corrected chi connectivity index (χ3v) is 3.56. The van der Waals surface area contributed by atoms with Gasteiger partial charge in [0.15, 0.2) is 0 Å². The van der Waals surface area contributed by atoms with Gasteiger partial charge in [-0.05, 0) is 30.7 Å². The highest BCUT2D eigenvalue weighted by Gasteiger charge is 2.15. The number of hydrogen-bond acceptors (Lipinski definition) is 2. The summed E-state index contributed by atoms with van der Waals surface area (Å²) in [5.41, 5.74) is 2.28. The zero-order chi connectivity index (χ0) is 14.8. The summed E-state index contributed by atoms with van der Waals surface area (Å²) in [7, 11) is 0. The summed E-state index contributed by atoms with van der Waals surface area (Å²) < 4.78 is 1.68. The first kappa shape index (κ1) is 13.4. The van der Waals surface area contributed by atoms with Gasteiger partial charge in [0.25, 0.3) is 0 Å². The third kappa shape index (κ3) is 2.18. The number of nitrogens with one attached hydrogen (secondary N) is 1. The number of aldehydes is 1. The lowest BCUT2D eigenvalue weighted by Gasteiger charge is -2.07. The average Bonchev–Trinajstić information content (AvgIpc) is 2.86. The number of para-hydroxylation sites is 1. The minimum atomic E-state index is -0.137. The molecule has 1 amide bonds. The molecule has 2 aromatic carbocycles. The van der Waals surface area contributed by atoms with Crippen LogP contribution < -0.4 is 5.32 Å². The first-order valence-corrected chi connectivity index (χ1v) is 7.03. The van der Waals surface area contributed by atoms with Crippen LogP contribution in [0.25, 0.3) is 21.8 Å². The van der Waals surface area contributed by atoms with Gasteiger partial charge in [-0.15, -0.1) is 0 Å². The van der Waals surface area contributed by atoms with Crippen LogP contribution in [0.3, 0.4) is 0 Å². The largest absolute Gasteiger partial charge is 0.337 e. The van der Waals surface area contributed by atoms with E-state index in [-0.39, 0.29) is 6.03 Å². The fraction of sp³-hybridized carbons (Fsp3) is 0.176. The van der Waals surface area contributed by atoms with Gasteiger partial charge in [0.2, 0.25) is 0 Å². The number of aromatic nitrogens is 1. The molecule has 3 rings (SSSR count). The Hall–Kier alpha value is -2.62. The van der Waals surface area contributed by atoms with Crippen LogP contribution in [-0.2, 0) is 0 Å². The van der Waals surface area contributed by atoms with E-state index in [9.17, 15) is 9.59 Å². The SMILES string of the molecule is CCCNC(=O)n1c2ccccc2c2cc(C=O)ccc21. The molecule has 3 aromatic rings. The smallest absolute Gasteiger partial charge is 0.326 e. The number of rotatable bonds is 3. The molecule has 0 aliphatic rings. The zero-order valence-corrected chi connectivity index (χ0v) is 11.8. The van der Waals surface area contributed by atoms with Crippen LogP contribution in [0.15, 0.2) is 42.5 Å². The van der Waals surface area contributed by atoms with E-state index in [0.717, 1.165) is 34.5 Å². The molecule has 0 bridgehead atoms. The standard InChI is InChI=1S/C17H16N2O2/c1-2-9-18-17(21)19-15-6-4-3-5-13(15)14-10-12(11-20)7-8-16(14)19/h3-8,10-11H,2,9H2,1H3,(H,18,21). The topological polar surface area (TPSA) is 51.1 Å². The van der Waals surface area contributed by atoms with E-state index in [2.05, 4.69) is 5.32 Å². The van der Waals surface area contributed by atoms with Crippen molar-refractivity contribution in [2.45, 2.75) is 13.3 Å². The molecule has 106 valence electrons. The minimum absolute atomic E-state index is 0.137. The van der Waals surface area contributed by atoms with Gasteiger partial charge in [0.1, 0.15) is 6.29 Å². The minimum Gasteiger partial charge on any atom is -0.337 e. The quantitative estimate of drug-likeness (QED) is 0.746. The number of benzene rings is 2. The van der Waals surface area contributed by atoms with Gasteiger partial charge >= 0.3 is 6.03 Å². The molecular weight excluding hydrogens is 264 g/mol. The van der Waals surface area contributed by atoms with E-state index in [1.165, 1.54) is 0 Å². The lowest BCUT2D eigenvalue weighted by atomic mass is 10.1. The molecule has 0 aliphatic heterocycles. The number of amides is 1. The molecule has 4 nitrogen and oxygen atoms in total. The summed E-state index contributed by atoms with van der Waals surface area (Å²) in [5.74, 6) is 0. The predicted molar refractivity (Wildman–Crippen MR) is 83.9 cm³/mol. The van der Waals surface area contributed by atoms with E-state index in [0.29, 0.717) is 12.1 Å². The lowest BCUT2D eigenvalue weighted by molar-refractivity contribution is 0.112. The maximum Gasteiger partial charge on any atom is 0.326 e. The van der Waals surface area contributed by atoms with Crippen LogP contribution in [0.4, 0.5) is 4.79 Å². The molecule has 1 heterocycles. The number of fused-ring (bicyclic) bond motifs is 3. The van der Waals surface area contributed by atoms with Crippen molar-refractivity contribution in [3.05, 3.63) is 48.0 Å². The summed E-state index contributed by atoms with van der Waals surface area (Å²) in [6, 6.07) is 13.0. The van der Waals surface area contributed by atoms with Gasteiger partial charge in [0, 0.05) is 22.9 Å². The Labute approximate surface area is 122 Å². The van der Waals surface area contributed by atoms with Crippen molar-refractivity contribution in [2.24, 2.45) is 0 Å². The maximum atomic E-state index is 12.4. The molecule has 4 heteroatoms. The molecule has 0 aliphatic carbocycles. The molecule has 0 radical (unpaired) electrons. The highest BCUT2D eigenvalue weighted by atomic mass is 16.2. The van der Waals surface area contributed by atoms with Gasteiger partial charge in [-0.2, -0.15) is 0 Å². The van der Waals surface area contributed by atoms with Crippen molar-refractivity contribution >= 4 is 34.1 Å². The van der Waals surface area contributed by atoms with Crippen molar-refractivity contribution < 1.29 is 9.59 Å². The molecule has 1 aromatic heterocycles. The first-order chi connectivity index (χ1) is 10.3. The molecule has 1 N–H and O–H groups in total. The number of carbonyl (C=O) groups is 2. The summed E-state index contributed by atoms with van der Waals surface area (Å²) in [6.07, 6.45) is 1.71. The van der Waals surface area contributed by atoms with E-state index >= 15 is 0 Å². The fourth-order valence-electron chi connectivity index (χ4n) is 2.59. The highest BCUT2D eigenvalue weighted by molar-refractivity contribution is 6.13. The van der Waals surface area contributed by atoms with E-state index in [1.807, 2.05) is 43.3 Å². The van der Waals surface area contributed by atoms with Crippen molar-refractivity contribution in [2.75, 3.05) is 6.54 Å².